The van der Waals surface area contributed by atoms with Crippen LogP contribution in [0, 0.1) is 0 Å². The molecule has 13 heavy (non-hydrogen) atoms. The number of furan rings is 1. The summed E-state index contributed by atoms with van der Waals surface area (Å²) in [6.07, 6.45) is 0.910. The van der Waals surface area contributed by atoms with E-state index in [2.05, 4.69) is 21.2 Å². The molecule has 0 aliphatic rings. The molecule has 0 spiro atoms. The summed E-state index contributed by atoms with van der Waals surface area (Å²) in [5.41, 5.74) is 0. The summed E-state index contributed by atoms with van der Waals surface area (Å²) in [5.74, 6) is 0.173. The van der Waals surface area contributed by atoms with Gasteiger partial charge in [0.15, 0.2) is 10.4 Å². The monoisotopic (exact) mass is 245 g/mol. The Morgan fingerprint density at radius 3 is 2.85 bits per heavy atom. The van der Waals surface area contributed by atoms with E-state index in [0.29, 0.717) is 10.4 Å². The van der Waals surface area contributed by atoms with Crippen LogP contribution in [0.15, 0.2) is 21.2 Å². The molecule has 1 atom stereocenters. The highest BCUT2D eigenvalue weighted by molar-refractivity contribution is 9.10. The van der Waals surface area contributed by atoms with E-state index in [1.165, 1.54) is 0 Å². The first-order valence-electron chi connectivity index (χ1n) is 4.19. The van der Waals surface area contributed by atoms with Gasteiger partial charge in [0.1, 0.15) is 0 Å². The molecule has 1 rings (SSSR count). The van der Waals surface area contributed by atoms with Crippen LogP contribution in [0.4, 0.5) is 0 Å². The average molecular weight is 246 g/mol. The Balaban J connectivity index is 2.58. The van der Waals surface area contributed by atoms with Crippen molar-refractivity contribution in [3.63, 3.8) is 0 Å². The summed E-state index contributed by atoms with van der Waals surface area (Å²) in [4.78, 5) is 11.4. The number of rotatable bonds is 3. The van der Waals surface area contributed by atoms with Gasteiger partial charge in [-0.25, -0.2) is 0 Å². The molecule has 3 nitrogen and oxygen atoms in total. The standard InChI is InChI=1S/C9H12BrNO2/c1-3-6(2)11-9(12)7-4-5-8(10)13-7/h4-6H,3H2,1-2H3,(H,11,12)/t6-/m1/s1. The van der Waals surface area contributed by atoms with Crippen molar-refractivity contribution in [1.29, 1.82) is 0 Å². The van der Waals surface area contributed by atoms with Crippen molar-refractivity contribution in [2.45, 2.75) is 26.3 Å². The van der Waals surface area contributed by atoms with Crippen LogP contribution < -0.4 is 5.32 Å². The van der Waals surface area contributed by atoms with E-state index in [0.717, 1.165) is 6.42 Å². The van der Waals surface area contributed by atoms with Gasteiger partial charge in [0, 0.05) is 6.04 Å². The number of hydrogen-bond donors (Lipinski definition) is 1. The molecule has 1 heterocycles. The van der Waals surface area contributed by atoms with Gasteiger partial charge in [0.25, 0.3) is 5.91 Å². The fourth-order valence-corrected chi connectivity index (χ4v) is 1.14. The zero-order valence-electron chi connectivity index (χ0n) is 7.63. The van der Waals surface area contributed by atoms with Crippen LogP contribution >= 0.6 is 15.9 Å². The van der Waals surface area contributed by atoms with Crippen LogP contribution in [0.25, 0.3) is 0 Å². The third kappa shape index (κ3) is 2.88. The highest BCUT2D eigenvalue weighted by Gasteiger charge is 2.11. The van der Waals surface area contributed by atoms with Crippen LogP contribution in [0.2, 0.25) is 0 Å². The number of carbonyl (C=O) groups excluding carboxylic acids is 1. The molecule has 0 bridgehead atoms. The van der Waals surface area contributed by atoms with Crippen molar-refractivity contribution in [3.8, 4) is 0 Å². The SMILES string of the molecule is CC[C@@H](C)NC(=O)c1ccc(Br)o1. The van der Waals surface area contributed by atoms with Gasteiger partial charge in [0.2, 0.25) is 0 Å². The summed E-state index contributed by atoms with van der Waals surface area (Å²) in [7, 11) is 0. The van der Waals surface area contributed by atoms with E-state index >= 15 is 0 Å². The molecule has 1 aromatic heterocycles. The Kier molecular flexibility index (Phi) is 3.54. The minimum absolute atomic E-state index is 0.167. The van der Waals surface area contributed by atoms with Crippen LogP contribution in [0.5, 0.6) is 0 Å². The number of halogens is 1. The van der Waals surface area contributed by atoms with Crippen molar-refractivity contribution < 1.29 is 9.21 Å². The highest BCUT2D eigenvalue weighted by atomic mass is 79.9. The third-order valence-corrected chi connectivity index (χ3v) is 2.21. The Hall–Kier alpha value is -0.770. The largest absolute Gasteiger partial charge is 0.444 e. The Labute approximate surface area is 85.6 Å². The van der Waals surface area contributed by atoms with Crippen LogP contribution in [0.3, 0.4) is 0 Å². The fraction of sp³-hybridized carbons (Fsp3) is 0.444. The second kappa shape index (κ2) is 4.46. The van der Waals surface area contributed by atoms with Crippen LogP contribution in [-0.2, 0) is 0 Å². The molecule has 0 unspecified atom stereocenters. The molecular weight excluding hydrogens is 234 g/mol. The molecule has 72 valence electrons. The zero-order valence-corrected chi connectivity index (χ0v) is 9.22. The van der Waals surface area contributed by atoms with Crippen molar-refractivity contribution >= 4 is 21.8 Å². The summed E-state index contributed by atoms with van der Waals surface area (Å²) in [5, 5.41) is 2.81. The summed E-state index contributed by atoms with van der Waals surface area (Å²) < 4.78 is 5.67. The zero-order chi connectivity index (χ0) is 9.84. The predicted octanol–water partition coefficient (Wildman–Crippen LogP) is 2.57. The van der Waals surface area contributed by atoms with E-state index in [1.807, 2.05) is 13.8 Å². The van der Waals surface area contributed by atoms with E-state index in [-0.39, 0.29) is 11.9 Å². The molecule has 0 radical (unpaired) electrons. The average Bonchev–Trinajstić information content (AvgIpc) is 2.51. The number of carbonyl (C=O) groups is 1. The minimum Gasteiger partial charge on any atom is -0.444 e. The molecule has 0 fully saturated rings. The van der Waals surface area contributed by atoms with Gasteiger partial charge in [0.05, 0.1) is 0 Å². The minimum atomic E-state index is -0.167. The van der Waals surface area contributed by atoms with Gasteiger partial charge in [-0.1, -0.05) is 6.92 Å². The lowest BCUT2D eigenvalue weighted by Gasteiger charge is -2.08. The van der Waals surface area contributed by atoms with E-state index in [1.54, 1.807) is 12.1 Å². The maximum atomic E-state index is 11.4. The maximum Gasteiger partial charge on any atom is 0.287 e. The van der Waals surface area contributed by atoms with Gasteiger partial charge in [-0.2, -0.15) is 0 Å². The summed E-state index contributed by atoms with van der Waals surface area (Å²) in [6, 6.07) is 3.52. The Morgan fingerprint density at radius 1 is 1.69 bits per heavy atom. The lowest BCUT2D eigenvalue weighted by molar-refractivity contribution is 0.0910. The predicted molar refractivity (Wildman–Crippen MR) is 53.6 cm³/mol. The molecule has 0 saturated heterocycles. The lowest BCUT2D eigenvalue weighted by Crippen LogP contribution is -2.31. The number of nitrogens with one attached hydrogen (secondary N) is 1. The van der Waals surface area contributed by atoms with E-state index < -0.39 is 0 Å². The summed E-state index contributed by atoms with van der Waals surface area (Å²) in [6.45, 7) is 3.97. The molecule has 0 aromatic carbocycles. The molecular formula is C9H12BrNO2. The van der Waals surface area contributed by atoms with E-state index in [9.17, 15) is 4.79 Å². The highest BCUT2D eigenvalue weighted by Crippen LogP contribution is 2.13. The van der Waals surface area contributed by atoms with Gasteiger partial charge in [-0.15, -0.1) is 0 Å². The topological polar surface area (TPSA) is 42.2 Å². The van der Waals surface area contributed by atoms with E-state index in [4.69, 9.17) is 4.42 Å². The molecule has 0 saturated carbocycles. The second-order valence-electron chi connectivity index (χ2n) is 2.89. The molecule has 1 amide bonds. The first-order valence-corrected chi connectivity index (χ1v) is 4.99. The maximum absolute atomic E-state index is 11.4. The summed E-state index contributed by atoms with van der Waals surface area (Å²) >= 11 is 3.14. The van der Waals surface area contributed by atoms with Crippen molar-refractivity contribution in [1.82, 2.24) is 5.32 Å². The third-order valence-electron chi connectivity index (χ3n) is 1.79. The molecule has 1 aromatic rings. The van der Waals surface area contributed by atoms with Crippen molar-refractivity contribution in [2.24, 2.45) is 0 Å². The van der Waals surface area contributed by atoms with Gasteiger partial charge in [-0.05, 0) is 41.4 Å². The molecule has 4 heteroatoms. The fourth-order valence-electron chi connectivity index (χ4n) is 0.833. The normalized spacial score (nSPS) is 12.5. The first-order chi connectivity index (χ1) is 6.13. The van der Waals surface area contributed by atoms with Gasteiger partial charge < -0.3 is 9.73 Å². The molecule has 0 aliphatic carbocycles. The number of amides is 1. The number of hydrogen-bond acceptors (Lipinski definition) is 2. The Morgan fingerprint density at radius 2 is 2.38 bits per heavy atom. The van der Waals surface area contributed by atoms with Gasteiger partial charge >= 0.3 is 0 Å². The quantitative estimate of drug-likeness (QED) is 0.890. The van der Waals surface area contributed by atoms with Crippen LogP contribution in [0.1, 0.15) is 30.8 Å². The first kappa shape index (κ1) is 10.3. The smallest absolute Gasteiger partial charge is 0.287 e. The van der Waals surface area contributed by atoms with Gasteiger partial charge in [-0.3, -0.25) is 4.79 Å². The van der Waals surface area contributed by atoms with Crippen LogP contribution in [-0.4, -0.2) is 11.9 Å². The Bertz CT molecular complexity index is 296. The van der Waals surface area contributed by atoms with Crippen molar-refractivity contribution in [3.05, 3.63) is 22.6 Å². The molecule has 1 N–H and O–H groups in total. The van der Waals surface area contributed by atoms with Crippen molar-refractivity contribution in [2.75, 3.05) is 0 Å². The lowest BCUT2D eigenvalue weighted by atomic mass is 10.2. The second-order valence-corrected chi connectivity index (χ2v) is 3.67. The molecule has 0 aliphatic heterocycles.